The van der Waals surface area contributed by atoms with Gasteiger partial charge in [0.25, 0.3) is 0 Å². The Labute approximate surface area is 153 Å². The molecule has 0 unspecified atom stereocenters. The molecule has 2 rings (SSSR count). The van der Waals surface area contributed by atoms with E-state index in [0.717, 1.165) is 23.2 Å². The monoisotopic (exact) mass is 359 g/mol. The summed E-state index contributed by atoms with van der Waals surface area (Å²) in [5.41, 5.74) is 3.32. The lowest BCUT2D eigenvalue weighted by molar-refractivity contribution is -0.116. The van der Waals surface area contributed by atoms with Crippen molar-refractivity contribution in [2.45, 2.75) is 33.1 Å². The van der Waals surface area contributed by atoms with Crippen LogP contribution in [0.1, 0.15) is 41.3 Å². The third-order valence-corrected chi connectivity index (χ3v) is 4.28. The average Bonchev–Trinajstić information content (AvgIpc) is 2.61. The molecule has 2 aromatic rings. The standard InChI is InChI=1S/C20H22ClNO3/c1-4-14-7-5-6-13(2)20(14)22-19(24)11-9-17(23)16-12-15(21)8-10-18(16)25-3/h5-8,10,12H,4,9,11H2,1-3H3,(H,22,24). The lowest BCUT2D eigenvalue weighted by atomic mass is 10.0. The van der Waals surface area contributed by atoms with Crippen LogP contribution in [0.15, 0.2) is 36.4 Å². The Morgan fingerprint density at radius 3 is 2.60 bits per heavy atom. The number of ether oxygens (including phenoxy) is 1. The number of hydrogen-bond acceptors (Lipinski definition) is 3. The molecule has 0 aliphatic rings. The predicted molar refractivity (Wildman–Crippen MR) is 101 cm³/mol. The maximum atomic E-state index is 12.4. The van der Waals surface area contributed by atoms with E-state index in [1.807, 2.05) is 32.0 Å². The molecule has 5 heteroatoms. The molecule has 0 radical (unpaired) electrons. The second kappa shape index (κ2) is 8.67. The van der Waals surface area contributed by atoms with Gasteiger partial charge in [0.2, 0.25) is 5.91 Å². The molecule has 0 aromatic heterocycles. The molecule has 25 heavy (non-hydrogen) atoms. The molecule has 0 fully saturated rings. The minimum absolute atomic E-state index is 0.0931. The zero-order chi connectivity index (χ0) is 18.4. The van der Waals surface area contributed by atoms with E-state index in [1.54, 1.807) is 18.2 Å². The molecule has 132 valence electrons. The molecule has 0 aliphatic heterocycles. The van der Waals surface area contributed by atoms with Crippen molar-refractivity contribution in [1.29, 1.82) is 0 Å². The van der Waals surface area contributed by atoms with Gasteiger partial charge in [0, 0.05) is 23.6 Å². The largest absolute Gasteiger partial charge is 0.496 e. The van der Waals surface area contributed by atoms with Gasteiger partial charge in [-0.1, -0.05) is 36.7 Å². The number of nitrogens with one attached hydrogen (secondary N) is 1. The van der Waals surface area contributed by atoms with E-state index < -0.39 is 0 Å². The van der Waals surface area contributed by atoms with Gasteiger partial charge in [0.05, 0.1) is 12.7 Å². The number of carbonyl (C=O) groups is 2. The van der Waals surface area contributed by atoms with Crippen LogP contribution in [0.5, 0.6) is 5.75 Å². The Kier molecular flexibility index (Phi) is 6.59. The third kappa shape index (κ3) is 4.83. The van der Waals surface area contributed by atoms with Crippen LogP contribution in [0.25, 0.3) is 0 Å². The molecule has 4 nitrogen and oxygen atoms in total. The zero-order valence-corrected chi connectivity index (χ0v) is 15.4. The zero-order valence-electron chi connectivity index (χ0n) is 14.7. The van der Waals surface area contributed by atoms with E-state index in [9.17, 15) is 9.59 Å². The van der Waals surface area contributed by atoms with Crippen molar-refractivity contribution >= 4 is 29.0 Å². The van der Waals surface area contributed by atoms with Gasteiger partial charge in [0.1, 0.15) is 5.75 Å². The molecular formula is C20H22ClNO3. The summed E-state index contributed by atoms with van der Waals surface area (Å²) in [6, 6.07) is 10.8. The first-order valence-electron chi connectivity index (χ1n) is 8.21. The van der Waals surface area contributed by atoms with Gasteiger partial charge in [-0.25, -0.2) is 0 Å². The van der Waals surface area contributed by atoms with Gasteiger partial charge < -0.3 is 10.1 Å². The number of aryl methyl sites for hydroxylation is 2. The maximum Gasteiger partial charge on any atom is 0.224 e. The van der Waals surface area contributed by atoms with Crippen LogP contribution in [-0.2, 0) is 11.2 Å². The van der Waals surface area contributed by atoms with Crippen LogP contribution >= 0.6 is 11.6 Å². The summed E-state index contributed by atoms with van der Waals surface area (Å²) in [5.74, 6) is 0.107. The van der Waals surface area contributed by atoms with Crippen molar-refractivity contribution in [3.63, 3.8) is 0 Å². The summed E-state index contributed by atoms with van der Waals surface area (Å²) in [6.45, 7) is 4.00. The Hall–Kier alpha value is -2.33. The molecule has 1 N–H and O–H groups in total. The highest BCUT2D eigenvalue weighted by Crippen LogP contribution is 2.25. The Balaban J connectivity index is 2.03. The van der Waals surface area contributed by atoms with Crippen molar-refractivity contribution in [3.8, 4) is 5.75 Å². The van der Waals surface area contributed by atoms with Crippen molar-refractivity contribution in [1.82, 2.24) is 0 Å². The topological polar surface area (TPSA) is 55.4 Å². The normalized spacial score (nSPS) is 10.4. The lowest BCUT2D eigenvalue weighted by Crippen LogP contribution is -2.15. The van der Waals surface area contributed by atoms with E-state index in [1.165, 1.54) is 7.11 Å². The molecule has 0 saturated heterocycles. The van der Waals surface area contributed by atoms with Crippen LogP contribution < -0.4 is 10.1 Å². The van der Waals surface area contributed by atoms with Crippen LogP contribution in [0, 0.1) is 6.92 Å². The molecule has 0 saturated carbocycles. The van der Waals surface area contributed by atoms with Crippen LogP contribution in [0.4, 0.5) is 5.69 Å². The lowest BCUT2D eigenvalue weighted by Gasteiger charge is -2.13. The number of para-hydroxylation sites is 1. The van der Waals surface area contributed by atoms with Gasteiger partial charge in [-0.3, -0.25) is 9.59 Å². The summed E-state index contributed by atoms with van der Waals surface area (Å²) in [6.07, 6.45) is 1.03. The number of anilines is 1. The third-order valence-electron chi connectivity index (χ3n) is 4.05. The fraction of sp³-hybridized carbons (Fsp3) is 0.300. The number of halogens is 1. The highest BCUT2D eigenvalue weighted by molar-refractivity contribution is 6.31. The van der Waals surface area contributed by atoms with Crippen molar-refractivity contribution in [3.05, 3.63) is 58.1 Å². The van der Waals surface area contributed by atoms with E-state index in [2.05, 4.69) is 5.32 Å². The minimum Gasteiger partial charge on any atom is -0.496 e. The van der Waals surface area contributed by atoms with E-state index in [0.29, 0.717) is 16.3 Å². The summed E-state index contributed by atoms with van der Waals surface area (Å²) in [7, 11) is 1.50. The van der Waals surface area contributed by atoms with Crippen LogP contribution in [-0.4, -0.2) is 18.8 Å². The first-order chi connectivity index (χ1) is 12.0. The molecule has 1 amide bonds. The number of benzene rings is 2. The molecule has 0 bridgehead atoms. The number of methoxy groups -OCH3 is 1. The summed E-state index contributed by atoms with van der Waals surface area (Å²) in [4.78, 5) is 24.7. The summed E-state index contributed by atoms with van der Waals surface area (Å²) in [5, 5.41) is 3.39. The first kappa shape index (κ1) is 19.0. The van der Waals surface area contributed by atoms with Crippen LogP contribution in [0.3, 0.4) is 0 Å². The molecule has 0 aliphatic carbocycles. The van der Waals surface area contributed by atoms with Gasteiger partial charge in [-0.05, 0) is 42.7 Å². The fourth-order valence-electron chi connectivity index (χ4n) is 2.66. The van der Waals surface area contributed by atoms with Gasteiger partial charge in [-0.15, -0.1) is 0 Å². The Morgan fingerprint density at radius 2 is 1.92 bits per heavy atom. The SMILES string of the molecule is CCc1cccc(C)c1NC(=O)CCC(=O)c1cc(Cl)ccc1OC. The Bertz CT molecular complexity index is 787. The molecular weight excluding hydrogens is 338 g/mol. The van der Waals surface area contributed by atoms with Gasteiger partial charge in [0.15, 0.2) is 5.78 Å². The number of hydrogen-bond donors (Lipinski definition) is 1. The molecule has 2 aromatic carbocycles. The molecule has 0 atom stereocenters. The van der Waals surface area contributed by atoms with E-state index in [-0.39, 0.29) is 24.5 Å². The predicted octanol–water partition coefficient (Wildman–Crippen LogP) is 4.82. The van der Waals surface area contributed by atoms with Crippen molar-refractivity contribution in [2.24, 2.45) is 0 Å². The van der Waals surface area contributed by atoms with Crippen molar-refractivity contribution in [2.75, 3.05) is 12.4 Å². The number of ketones is 1. The summed E-state index contributed by atoms with van der Waals surface area (Å²) >= 11 is 5.95. The van der Waals surface area contributed by atoms with Gasteiger partial charge in [-0.2, -0.15) is 0 Å². The smallest absolute Gasteiger partial charge is 0.224 e. The quantitative estimate of drug-likeness (QED) is 0.721. The Morgan fingerprint density at radius 1 is 1.16 bits per heavy atom. The van der Waals surface area contributed by atoms with E-state index in [4.69, 9.17) is 16.3 Å². The number of rotatable bonds is 7. The van der Waals surface area contributed by atoms with Crippen LogP contribution in [0.2, 0.25) is 5.02 Å². The van der Waals surface area contributed by atoms with Crippen molar-refractivity contribution < 1.29 is 14.3 Å². The minimum atomic E-state index is -0.182. The summed E-state index contributed by atoms with van der Waals surface area (Å²) < 4.78 is 5.19. The number of Topliss-reactive ketones (excluding diaryl/α,β-unsaturated/α-hetero) is 1. The molecule has 0 spiro atoms. The second-order valence-corrected chi connectivity index (χ2v) is 6.21. The second-order valence-electron chi connectivity index (χ2n) is 5.78. The van der Waals surface area contributed by atoms with E-state index >= 15 is 0 Å². The first-order valence-corrected chi connectivity index (χ1v) is 8.59. The average molecular weight is 360 g/mol. The highest BCUT2D eigenvalue weighted by atomic mass is 35.5. The molecule has 0 heterocycles. The number of amides is 1. The fourth-order valence-corrected chi connectivity index (χ4v) is 2.84. The highest BCUT2D eigenvalue weighted by Gasteiger charge is 2.15. The number of carbonyl (C=O) groups excluding carboxylic acids is 2. The van der Waals surface area contributed by atoms with Gasteiger partial charge >= 0.3 is 0 Å². The maximum absolute atomic E-state index is 12.4.